The predicted molar refractivity (Wildman–Crippen MR) is 57.2 cm³/mol. The van der Waals surface area contributed by atoms with Crippen molar-refractivity contribution >= 4 is 5.97 Å². The summed E-state index contributed by atoms with van der Waals surface area (Å²) >= 11 is 0. The predicted octanol–water partition coefficient (Wildman–Crippen LogP) is 3.02. The third kappa shape index (κ3) is 2.58. The van der Waals surface area contributed by atoms with Gasteiger partial charge in [0.05, 0.1) is 6.61 Å². The average molecular weight is 214 g/mol. The molecule has 0 amide bonds. The number of esters is 1. The van der Waals surface area contributed by atoms with Crippen LogP contribution in [0.15, 0.2) is 12.7 Å². The van der Waals surface area contributed by atoms with Crippen LogP contribution in [-0.4, -0.2) is 18.2 Å². The summed E-state index contributed by atoms with van der Waals surface area (Å²) in [6, 6.07) is 0. The van der Waals surface area contributed by atoms with E-state index in [1.807, 2.05) is 0 Å². The van der Waals surface area contributed by atoms with Gasteiger partial charge in [-0.1, -0.05) is 25.8 Å². The van der Waals surface area contributed by atoms with Gasteiger partial charge < -0.3 is 4.74 Å². The minimum atomic E-state index is -1.98. The molecule has 0 radical (unpaired) electrons. The van der Waals surface area contributed by atoms with E-state index < -0.39 is 11.6 Å². The summed E-state index contributed by atoms with van der Waals surface area (Å²) in [6.45, 7) is 5.33. The molecular weight excluding hydrogens is 195 g/mol. The average Bonchev–Trinajstić information content (AvgIpc) is 2.29. The second-order valence-corrected chi connectivity index (χ2v) is 4.03. The van der Waals surface area contributed by atoms with Gasteiger partial charge in [0.25, 0.3) is 0 Å². The molecule has 86 valence electrons. The Morgan fingerprint density at radius 1 is 1.53 bits per heavy atom. The van der Waals surface area contributed by atoms with E-state index in [1.54, 1.807) is 6.92 Å². The highest BCUT2D eigenvalue weighted by Gasteiger charge is 2.45. The fourth-order valence-electron chi connectivity index (χ4n) is 2.18. The van der Waals surface area contributed by atoms with Crippen LogP contribution in [0.25, 0.3) is 0 Å². The molecule has 0 saturated heterocycles. The molecule has 0 aromatic rings. The van der Waals surface area contributed by atoms with Crippen molar-refractivity contribution in [2.75, 3.05) is 6.61 Å². The van der Waals surface area contributed by atoms with Crippen LogP contribution in [0.4, 0.5) is 4.39 Å². The number of rotatable bonds is 4. The molecule has 1 aliphatic carbocycles. The van der Waals surface area contributed by atoms with Gasteiger partial charge in [0, 0.05) is 5.92 Å². The molecule has 1 aliphatic rings. The van der Waals surface area contributed by atoms with Crippen LogP contribution >= 0.6 is 0 Å². The van der Waals surface area contributed by atoms with Gasteiger partial charge in [0.1, 0.15) is 0 Å². The Labute approximate surface area is 90.5 Å². The number of carbonyl (C=O) groups excluding carboxylic acids is 1. The molecule has 0 aromatic carbocycles. The molecule has 1 saturated carbocycles. The smallest absolute Gasteiger partial charge is 0.348 e. The van der Waals surface area contributed by atoms with E-state index in [0.29, 0.717) is 0 Å². The van der Waals surface area contributed by atoms with Gasteiger partial charge in [-0.3, -0.25) is 0 Å². The van der Waals surface area contributed by atoms with E-state index in [2.05, 4.69) is 6.58 Å². The lowest BCUT2D eigenvalue weighted by atomic mass is 9.78. The molecule has 0 spiro atoms. The summed E-state index contributed by atoms with van der Waals surface area (Å²) in [5.41, 5.74) is -1.98. The minimum Gasteiger partial charge on any atom is -0.463 e. The normalized spacial score (nSPS) is 21.7. The zero-order valence-corrected chi connectivity index (χ0v) is 9.30. The van der Waals surface area contributed by atoms with E-state index in [0.717, 1.165) is 38.2 Å². The fraction of sp³-hybridized carbons (Fsp3) is 0.750. The van der Waals surface area contributed by atoms with Crippen LogP contribution in [0.3, 0.4) is 0 Å². The first-order valence-electron chi connectivity index (χ1n) is 5.65. The summed E-state index contributed by atoms with van der Waals surface area (Å²) in [5, 5.41) is 0. The van der Waals surface area contributed by atoms with Gasteiger partial charge in [-0.05, 0) is 25.8 Å². The summed E-state index contributed by atoms with van der Waals surface area (Å²) in [7, 11) is 0. The first-order valence-corrected chi connectivity index (χ1v) is 5.65. The Kier molecular flexibility index (Phi) is 4.30. The summed E-state index contributed by atoms with van der Waals surface area (Å²) in [5.74, 6) is -1.02. The summed E-state index contributed by atoms with van der Waals surface area (Å²) in [4.78, 5) is 11.5. The first kappa shape index (κ1) is 12.2. The second kappa shape index (κ2) is 5.29. The Balaban J connectivity index is 2.72. The second-order valence-electron chi connectivity index (χ2n) is 4.03. The van der Waals surface area contributed by atoms with Crippen molar-refractivity contribution in [3.05, 3.63) is 12.7 Å². The number of ether oxygens (including phenoxy) is 1. The molecule has 2 nitrogen and oxygen atoms in total. The molecule has 1 unspecified atom stereocenters. The highest BCUT2D eigenvalue weighted by Crippen LogP contribution is 2.37. The Morgan fingerprint density at radius 3 is 2.60 bits per heavy atom. The SMILES string of the molecule is C=CC(F)(C(=O)OCC)C1CCCCC1. The van der Waals surface area contributed by atoms with Gasteiger partial charge in [-0.2, -0.15) is 0 Å². The zero-order valence-electron chi connectivity index (χ0n) is 9.30. The third-order valence-corrected chi connectivity index (χ3v) is 3.08. The van der Waals surface area contributed by atoms with Gasteiger partial charge >= 0.3 is 5.97 Å². The number of halogens is 1. The summed E-state index contributed by atoms with van der Waals surface area (Å²) in [6.07, 6.45) is 5.73. The first-order chi connectivity index (χ1) is 7.15. The fourth-order valence-corrected chi connectivity index (χ4v) is 2.18. The minimum absolute atomic E-state index is 0.213. The van der Waals surface area contributed by atoms with Gasteiger partial charge in [-0.15, -0.1) is 0 Å². The van der Waals surface area contributed by atoms with Crippen molar-refractivity contribution in [1.29, 1.82) is 0 Å². The largest absolute Gasteiger partial charge is 0.463 e. The molecule has 0 bridgehead atoms. The van der Waals surface area contributed by atoms with E-state index in [4.69, 9.17) is 4.74 Å². The van der Waals surface area contributed by atoms with Crippen molar-refractivity contribution in [1.82, 2.24) is 0 Å². The molecule has 3 heteroatoms. The van der Waals surface area contributed by atoms with Crippen LogP contribution in [0.5, 0.6) is 0 Å². The molecule has 1 rings (SSSR count). The maximum absolute atomic E-state index is 14.4. The van der Waals surface area contributed by atoms with Gasteiger partial charge in [-0.25, -0.2) is 9.18 Å². The highest BCUT2D eigenvalue weighted by molar-refractivity contribution is 5.82. The van der Waals surface area contributed by atoms with E-state index in [-0.39, 0.29) is 12.5 Å². The summed E-state index contributed by atoms with van der Waals surface area (Å²) < 4.78 is 19.2. The van der Waals surface area contributed by atoms with Gasteiger partial charge in [0.2, 0.25) is 5.67 Å². The lowest BCUT2D eigenvalue weighted by Gasteiger charge is -2.31. The van der Waals surface area contributed by atoms with Crippen LogP contribution in [0, 0.1) is 5.92 Å². The monoisotopic (exact) mass is 214 g/mol. The van der Waals surface area contributed by atoms with Crippen LogP contribution < -0.4 is 0 Å². The van der Waals surface area contributed by atoms with Crippen molar-refractivity contribution in [2.45, 2.75) is 44.7 Å². The Hall–Kier alpha value is -0.860. The maximum Gasteiger partial charge on any atom is 0.348 e. The number of hydrogen-bond acceptors (Lipinski definition) is 2. The van der Waals surface area contributed by atoms with Crippen LogP contribution in [0.1, 0.15) is 39.0 Å². The molecule has 15 heavy (non-hydrogen) atoms. The van der Waals surface area contributed by atoms with Crippen LogP contribution in [0.2, 0.25) is 0 Å². The molecule has 0 aromatic heterocycles. The Bertz CT molecular complexity index is 234. The molecule has 0 heterocycles. The van der Waals surface area contributed by atoms with Crippen molar-refractivity contribution in [3.63, 3.8) is 0 Å². The quantitative estimate of drug-likeness (QED) is 0.531. The van der Waals surface area contributed by atoms with Crippen molar-refractivity contribution in [3.8, 4) is 0 Å². The third-order valence-electron chi connectivity index (χ3n) is 3.08. The van der Waals surface area contributed by atoms with E-state index in [1.165, 1.54) is 0 Å². The van der Waals surface area contributed by atoms with E-state index >= 15 is 0 Å². The topological polar surface area (TPSA) is 26.3 Å². The molecule has 0 N–H and O–H groups in total. The van der Waals surface area contributed by atoms with Crippen molar-refractivity contribution in [2.24, 2.45) is 5.92 Å². The van der Waals surface area contributed by atoms with Crippen LogP contribution in [-0.2, 0) is 9.53 Å². The zero-order chi connectivity index (χ0) is 11.3. The molecule has 0 aliphatic heterocycles. The molecular formula is C12H19FO2. The lowest BCUT2D eigenvalue weighted by Crippen LogP contribution is -2.42. The standard InChI is InChI=1S/C12H19FO2/c1-3-12(13,11(14)15-4-2)10-8-6-5-7-9-10/h3,10H,1,4-9H2,2H3. The number of hydrogen-bond donors (Lipinski definition) is 0. The molecule has 1 fully saturated rings. The van der Waals surface area contributed by atoms with Gasteiger partial charge in [0.15, 0.2) is 0 Å². The number of alkyl halides is 1. The molecule has 1 atom stereocenters. The lowest BCUT2D eigenvalue weighted by molar-refractivity contribution is -0.158. The van der Waals surface area contributed by atoms with Crippen molar-refractivity contribution < 1.29 is 13.9 Å². The Morgan fingerprint density at radius 2 is 2.13 bits per heavy atom. The van der Waals surface area contributed by atoms with E-state index in [9.17, 15) is 9.18 Å². The highest BCUT2D eigenvalue weighted by atomic mass is 19.1. The number of carbonyl (C=O) groups is 1. The maximum atomic E-state index is 14.4.